The molecule has 5 nitrogen and oxygen atoms in total. The van der Waals surface area contributed by atoms with E-state index in [4.69, 9.17) is 5.11 Å². The summed E-state index contributed by atoms with van der Waals surface area (Å²) in [5.74, 6) is -0.776. The molecular formula is C16H18N2O3S. The van der Waals surface area contributed by atoms with Gasteiger partial charge >= 0.3 is 5.97 Å². The van der Waals surface area contributed by atoms with Crippen molar-refractivity contribution in [3.8, 4) is 0 Å². The van der Waals surface area contributed by atoms with Gasteiger partial charge in [0.15, 0.2) is 0 Å². The Kier molecular flexibility index (Phi) is 4.92. The third-order valence-corrected chi connectivity index (χ3v) is 4.01. The van der Waals surface area contributed by atoms with Gasteiger partial charge in [-0.3, -0.25) is 4.79 Å². The van der Waals surface area contributed by atoms with Crippen molar-refractivity contribution in [1.29, 1.82) is 0 Å². The molecule has 0 saturated carbocycles. The molecule has 0 aliphatic carbocycles. The predicted molar refractivity (Wildman–Crippen MR) is 86.7 cm³/mol. The molecule has 2 N–H and O–H groups in total. The number of anilines is 1. The van der Waals surface area contributed by atoms with Crippen LogP contribution in [0, 0.1) is 12.8 Å². The van der Waals surface area contributed by atoms with Crippen LogP contribution < -0.4 is 5.32 Å². The van der Waals surface area contributed by atoms with Gasteiger partial charge in [-0.2, -0.15) is 0 Å². The van der Waals surface area contributed by atoms with E-state index in [9.17, 15) is 9.59 Å². The number of carboxylic acids is 1. The molecule has 0 unspecified atom stereocenters. The molecule has 0 fully saturated rings. The second kappa shape index (κ2) is 6.70. The zero-order valence-electron chi connectivity index (χ0n) is 12.7. The van der Waals surface area contributed by atoms with E-state index in [1.54, 1.807) is 12.1 Å². The van der Waals surface area contributed by atoms with Crippen LogP contribution >= 0.6 is 11.3 Å². The van der Waals surface area contributed by atoms with E-state index >= 15 is 0 Å². The van der Waals surface area contributed by atoms with Gasteiger partial charge in [0.25, 0.3) is 5.91 Å². The number of aromatic carboxylic acids is 1. The molecule has 1 amide bonds. The second-order valence-electron chi connectivity index (χ2n) is 5.44. The molecule has 1 aromatic heterocycles. The number of carboxylic acid groups (broad SMARTS) is 1. The Bertz CT molecular complexity index is 690. The quantitative estimate of drug-likeness (QED) is 0.883. The number of benzene rings is 1. The van der Waals surface area contributed by atoms with Crippen LogP contribution in [0.25, 0.3) is 0 Å². The van der Waals surface area contributed by atoms with E-state index in [1.165, 1.54) is 23.5 Å². The second-order valence-corrected chi connectivity index (χ2v) is 6.65. The molecule has 116 valence electrons. The maximum absolute atomic E-state index is 12.4. The molecule has 0 aliphatic rings. The number of nitrogens with zero attached hydrogens (tertiary/aromatic N) is 1. The van der Waals surface area contributed by atoms with Crippen LogP contribution in [-0.2, 0) is 6.42 Å². The summed E-state index contributed by atoms with van der Waals surface area (Å²) in [5.41, 5.74) is 1.57. The molecule has 6 heteroatoms. The number of nitrogens with one attached hydrogen (secondary N) is 1. The topological polar surface area (TPSA) is 79.3 Å². The minimum atomic E-state index is -0.991. The average molecular weight is 318 g/mol. The van der Waals surface area contributed by atoms with E-state index in [-0.39, 0.29) is 11.5 Å². The van der Waals surface area contributed by atoms with Gasteiger partial charge in [0.2, 0.25) is 0 Å². The molecule has 0 spiro atoms. The lowest BCUT2D eigenvalue weighted by Gasteiger charge is -2.07. The predicted octanol–water partition coefficient (Wildman–Crippen LogP) is 3.60. The van der Waals surface area contributed by atoms with Crippen LogP contribution in [0.15, 0.2) is 24.3 Å². The van der Waals surface area contributed by atoms with Gasteiger partial charge in [0, 0.05) is 5.69 Å². The van der Waals surface area contributed by atoms with Crippen molar-refractivity contribution in [1.82, 2.24) is 4.98 Å². The SMILES string of the molecule is Cc1nc(CC(C)C)c(C(=O)Nc2ccc(C(=O)O)cc2)s1. The molecule has 0 aliphatic heterocycles. The number of hydrogen-bond donors (Lipinski definition) is 2. The summed E-state index contributed by atoms with van der Waals surface area (Å²) in [6.07, 6.45) is 0.755. The van der Waals surface area contributed by atoms with Crippen LogP contribution in [0.4, 0.5) is 5.69 Å². The van der Waals surface area contributed by atoms with E-state index in [0.29, 0.717) is 16.5 Å². The van der Waals surface area contributed by atoms with Crippen molar-refractivity contribution in [3.63, 3.8) is 0 Å². The Morgan fingerprint density at radius 1 is 1.27 bits per heavy atom. The number of amides is 1. The first-order chi connectivity index (χ1) is 10.4. The molecule has 1 heterocycles. The van der Waals surface area contributed by atoms with Crippen LogP contribution in [-0.4, -0.2) is 22.0 Å². The highest BCUT2D eigenvalue weighted by atomic mass is 32.1. The summed E-state index contributed by atoms with van der Waals surface area (Å²) in [5, 5.41) is 12.5. The molecule has 0 saturated heterocycles. The molecular weight excluding hydrogens is 300 g/mol. The molecule has 1 aromatic carbocycles. The van der Waals surface area contributed by atoms with Crippen molar-refractivity contribution >= 4 is 28.9 Å². The summed E-state index contributed by atoms with van der Waals surface area (Å²) in [6, 6.07) is 6.09. The molecule has 2 rings (SSSR count). The smallest absolute Gasteiger partial charge is 0.335 e. The number of hydrogen-bond acceptors (Lipinski definition) is 4. The number of carbonyl (C=O) groups excluding carboxylic acids is 1. The van der Waals surface area contributed by atoms with E-state index in [2.05, 4.69) is 24.1 Å². The Balaban J connectivity index is 2.16. The lowest BCUT2D eigenvalue weighted by atomic mass is 10.1. The summed E-state index contributed by atoms with van der Waals surface area (Å²) < 4.78 is 0. The lowest BCUT2D eigenvalue weighted by molar-refractivity contribution is 0.0696. The van der Waals surface area contributed by atoms with Gasteiger partial charge in [0.1, 0.15) is 4.88 Å². The largest absolute Gasteiger partial charge is 0.478 e. The molecule has 0 bridgehead atoms. The average Bonchev–Trinajstić information content (AvgIpc) is 2.79. The fourth-order valence-electron chi connectivity index (χ4n) is 2.06. The number of carbonyl (C=O) groups is 2. The molecule has 2 aromatic rings. The summed E-state index contributed by atoms with van der Waals surface area (Å²) in [4.78, 5) is 28.3. The number of aromatic nitrogens is 1. The monoisotopic (exact) mass is 318 g/mol. The third-order valence-electron chi connectivity index (χ3n) is 3.00. The van der Waals surface area contributed by atoms with Crippen molar-refractivity contribution in [2.75, 3.05) is 5.32 Å². The number of thiazole rings is 1. The standard InChI is InChI=1S/C16H18N2O3S/c1-9(2)8-13-14(22-10(3)17-13)15(19)18-12-6-4-11(5-7-12)16(20)21/h4-7,9H,8H2,1-3H3,(H,18,19)(H,20,21). The fourth-order valence-corrected chi connectivity index (χ4v) is 2.90. The van der Waals surface area contributed by atoms with Crippen LogP contribution in [0.2, 0.25) is 0 Å². The number of aryl methyl sites for hydroxylation is 1. The first kappa shape index (κ1) is 16.2. The van der Waals surface area contributed by atoms with Crippen molar-refractivity contribution in [2.24, 2.45) is 5.92 Å². The van der Waals surface area contributed by atoms with Gasteiger partial charge in [-0.25, -0.2) is 9.78 Å². The Labute approximate surface area is 133 Å². The first-order valence-corrected chi connectivity index (χ1v) is 7.79. The van der Waals surface area contributed by atoms with Crippen LogP contribution in [0.3, 0.4) is 0 Å². The van der Waals surface area contributed by atoms with Gasteiger partial charge in [-0.15, -0.1) is 11.3 Å². The van der Waals surface area contributed by atoms with Gasteiger partial charge in [-0.1, -0.05) is 13.8 Å². The molecule has 22 heavy (non-hydrogen) atoms. The first-order valence-electron chi connectivity index (χ1n) is 6.98. The lowest BCUT2D eigenvalue weighted by Crippen LogP contribution is -2.13. The van der Waals surface area contributed by atoms with Gasteiger partial charge < -0.3 is 10.4 Å². The fraction of sp³-hybridized carbons (Fsp3) is 0.312. The Morgan fingerprint density at radius 2 is 1.91 bits per heavy atom. The normalized spacial score (nSPS) is 10.7. The zero-order valence-corrected chi connectivity index (χ0v) is 13.5. The van der Waals surface area contributed by atoms with E-state index < -0.39 is 5.97 Å². The minimum absolute atomic E-state index is 0.187. The highest BCUT2D eigenvalue weighted by Gasteiger charge is 2.17. The van der Waals surface area contributed by atoms with E-state index in [0.717, 1.165) is 17.1 Å². The molecule has 0 radical (unpaired) electrons. The maximum Gasteiger partial charge on any atom is 0.335 e. The van der Waals surface area contributed by atoms with Crippen LogP contribution in [0.1, 0.15) is 44.6 Å². The minimum Gasteiger partial charge on any atom is -0.478 e. The molecule has 0 atom stereocenters. The summed E-state index contributed by atoms with van der Waals surface area (Å²) in [7, 11) is 0. The third kappa shape index (κ3) is 3.92. The highest BCUT2D eigenvalue weighted by molar-refractivity contribution is 7.13. The number of rotatable bonds is 5. The van der Waals surface area contributed by atoms with E-state index in [1.807, 2.05) is 6.92 Å². The highest BCUT2D eigenvalue weighted by Crippen LogP contribution is 2.22. The van der Waals surface area contributed by atoms with Crippen molar-refractivity contribution in [2.45, 2.75) is 27.2 Å². The van der Waals surface area contributed by atoms with Gasteiger partial charge in [-0.05, 0) is 43.5 Å². The Morgan fingerprint density at radius 3 is 2.45 bits per heavy atom. The van der Waals surface area contributed by atoms with Crippen molar-refractivity contribution < 1.29 is 14.7 Å². The van der Waals surface area contributed by atoms with Gasteiger partial charge in [0.05, 0.1) is 16.3 Å². The summed E-state index contributed by atoms with van der Waals surface area (Å²) in [6.45, 7) is 6.05. The Hall–Kier alpha value is -2.21. The van der Waals surface area contributed by atoms with Crippen molar-refractivity contribution in [3.05, 3.63) is 45.4 Å². The maximum atomic E-state index is 12.4. The zero-order chi connectivity index (χ0) is 16.3. The van der Waals surface area contributed by atoms with Crippen LogP contribution in [0.5, 0.6) is 0 Å². The summed E-state index contributed by atoms with van der Waals surface area (Å²) >= 11 is 1.37.